The van der Waals surface area contributed by atoms with Crippen LogP contribution in [0.25, 0.3) is 0 Å². The van der Waals surface area contributed by atoms with Crippen molar-refractivity contribution in [2.24, 2.45) is 0 Å². The van der Waals surface area contributed by atoms with E-state index in [2.05, 4.69) is 26.1 Å². The Morgan fingerprint density at radius 1 is 1.37 bits per heavy atom. The van der Waals surface area contributed by atoms with E-state index in [-0.39, 0.29) is 10.00 Å². The normalized spacial score (nSPS) is 22.9. The average Bonchev–Trinajstić information content (AvgIpc) is 2.50. The minimum absolute atomic E-state index is 0.188. The summed E-state index contributed by atoms with van der Waals surface area (Å²) in [6.45, 7) is 11.0. The molecule has 0 spiro atoms. The molecular weight excluding hydrogens is 280 g/mol. The molecule has 1 atom stereocenters. The Bertz CT molecular complexity index is 369. The van der Waals surface area contributed by atoms with Crippen molar-refractivity contribution >= 4 is 21.8 Å². The molecule has 114 valence electrons. The van der Waals surface area contributed by atoms with Crippen LogP contribution in [0.4, 0.5) is 0 Å². The number of nitrogens with zero attached hydrogens (tertiary/aromatic N) is 1. The Kier molecular flexibility index (Phi) is 6.63. The number of hydrogen-bond donors (Lipinski definition) is 1. The van der Waals surface area contributed by atoms with Crippen molar-refractivity contribution in [2.45, 2.75) is 50.5 Å². The summed E-state index contributed by atoms with van der Waals surface area (Å²) in [4.78, 5) is 0. The molecule has 0 aliphatic carbocycles. The first-order valence-electron chi connectivity index (χ1n) is 7.13. The van der Waals surface area contributed by atoms with Gasteiger partial charge in [-0.2, -0.15) is 11.8 Å². The van der Waals surface area contributed by atoms with E-state index < -0.39 is 10.0 Å². The summed E-state index contributed by atoms with van der Waals surface area (Å²) in [5, 5.41) is 2.86. The summed E-state index contributed by atoms with van der Waals surface area (Å²) in [5.41, 5.74) is 0. The van der Waals surface area contributed by atoms with Gasteiger partial charge in [0, 0.05) is 30.1 Å². The maximum absolute atomic E-state index is 12.5. The lowest BCUT2D eigenvalue weighted by atomic mass is 10.1. The molecule has 0 aromatic carbocycles. The minimum atomic E-state index is -3.16. The number of nitrogens with one attached hydrogen (secondary N) is 1. The highest BCUT2D eigenvalue weighted by molar-refractivity contribution is 8.00. The standard InChI is InChI=1S/C13H28N2O2S2/c1-5-7-14-11-12(2)19(16,17)15-8-6-13(3,4)18-10-9-15/h12,14H,5-11H2,1-4H3. The van der Waals surface area contributed by atoms with Crippen molar-refractivity contribution in [3.63, 3.8) is 0 Å². The first-order valence-corrected chi connectivity index (χ1v) is 9.62. The van der Waals surface area contributed by atoms with Gasteiger partial charge in [0.1, 0.15) is 0 Å². The first kappa shape index (κ1) is 17.3. The molecule has 1 unspecified atom stereocenters. The number of hydrogen-bond acceptors (Lipinski definition) is 4. The number of thioether (sulfide) groups is 1. The predicted octanol–water partition coefficient (Wildman–Crippen LogP) is 1.92. The zero-order valence-corrected chi connectivity index (χ0v) is 14.2. The molecule has 0 saturated carbocycles. The zero-order valence-electron chi connectivity index (χ0n) is 12.6. The van der Waals surface area contributed by atoms with Gasteiger partial charge < -0.3 is 5.32 Å². The molecule has 0 aromatic heterocycles. The Morgan fingerprint density at radius 3 is 2.68 bits per heavy atom. The summed E-state index contributed by atoms with van der Waals surface area (Å²) < 4.78 is 26.9. The highest BCUT2D eigenvalue weighted by Crippen LogP contribution is 2.31. The fourth-order valence-electron chi connectivity index (χ4n) is 2.10. The summed E-state index contributed by atoms with van der Waals surface area (Å²) >= 11 is 1.87. The third-order valence-corrected chi connectivity index (χ3v) is 7.16. The summed E-state index contributed by atoms with van der Waals surface area (Å²) in [6.07, 6.45) is 1.95. The van der Waals surface area contributed by atoms with Gasteiger partial charge >= 0.3 is 0 Å². The highest BCUT2D eigenvalue weighted by Gasteiger charge is 2.32. The van der Waals surface area contributed by atoms with Crippen molar-refractivity contribution in [2.75, 3.05) is 31.9 Å². The monoisotopic (exact) mass is 308 g/mol. The van der Waals surface area contributed by atoms with Gasteiger partial charge in [-0.15, -0.1) is 0 Å². The molecular formula is C13H28N2O2S2. The Labute approximate surface area is 122 Å². The largest absolute Gasteiger partial charge is 0.315 e. The van der Waals surface area contributed by atoms with Gasteiger partial charge in [-0.1, -0.05) is 20.8 Å². The van der Waals surface area contributed by atoms with Gasteiger partial charge in [-0.25, -0.2) is 12.7 Å². The molecule has 1 fully saturated rings. The van der Waals surface area contributed by atoms with E-state index in [1.54, 1.807) is 11.2 Å². The molecule has 1 aliphatic heterocycles. The second-order valence-corrected chi connectivity index (χ2v) is 9.97. The van der Waals surface area contributed by atoms with Crippen LogP contribution in [0.15, 0.2) is 0 Å². The Hall–Kier alpha value is 0.220. The molecule has 19 heavy (non-hydrogen) atoms. The molecule has 1 N–H and O–H groups in total. The van der Waals surface area contributed by atoms with Crippen molar-refractivity contribution in [3.05, 3.63) is 0 Å². The van der Waals surface area contributed by atoms with Gasteiger partial charge in [0.2, 0.25) is 10.0 Å². The van der Waals surface area contributed by atoms with Crippen LogP contribution in [0.5, 0.6) is 0 Å². The minimum Gasteiger partial charge on any atom is -0.315 e. The Morgan fingerprint density at radius 2 is 2.05 bits per heavy atom. The smallest absolute Gasteiger partial charge is 0.217 e. The fraction of sp³-hybridized carbons (Fsp3) is 1.00. The van der Waals surface area contributed by atoms with Crippen LogP contribution in [0.2, 0.25) is 0 Å². The van der Waals surface area contributed by atoms with Crippen molar-refractivity contribution in [1.82, 2.24) is 9.62 Å². The first-order chi connectivity index (χ1) is 8.79. The SMILES string of the molecule is CCCNCC(C)S(=O)(=O)N1CCSC(C)(C)CC1. The van der Waals surface area contributed by atoms with Gasteiger partial charge in [0.05, 0.1) is 5.25 Å². The van der Waals surface area contributed by atoms with Crippen LogP contribution in [0, 0.1) is 0 Å². The molecule has 1 heterocycles. The Balaban J connectivity index is 2.61. The van der Waals surface area contributed by atoms with E-state index in [0.29, 0.717) is 19.6 Å². The molecule has 0 aromatic rings. The van der Waals surface area contributed by atoms with E-state index in [4.69, 9.17) is 0 Å². The van der Waals surface area contributed by atoms with E-state index >= 15 is 0 Å². The van der Waals surface area contributed by atoms with E-state index in [1.807, 2.05) is 11.8 Å². The van der Waals surface area contributed by atoms with E-state index in [1.165, 1.54) is 0 Å². The second-order valence-electron chi connectivity index (χ2n) is 5.82. The van der Waals surface area contributed by atoms with Crippen LogP contribution in [0.3, 0.4) is 0 Å². The summed E-state index contributed by atoms with van der Waals surface area (Å²) in [5.74, 6) is 0.890. The van der Waals surface area contributed by atoms with Crippen LogP contribution in [-0.4, -0.2) is 54.7 Å². The lowest BCUT2D eigenvalue weighted by molar-refractivity contribution is 0.407. The van der Waals surface area contributed by atoms with Crippen molar-refractivity contribution < 1.29 is 8.42 Å². The second kappa shape index (κ2) is 7.29. The molecule has 0 radical (unpaired) electrons. The van der Waals surface area contributed by atoms with Gasteiger partial charge in [0.15, 0.2) is 0 Å². The fourth-order valence-corrected chi connectivity index (χ4v) is 4.84. The summed E-state index contributed by atoms with van der Waals surface area (Å²) in [6, 6.07) is 0. The maximum atomic E-state index is 12.5. The molecule has 1 aliphatic rings. The molecule has 6 heteroatoms. The molecule has 1 rings (SSSR count). The third kappa shape index (κ3) is 5.25. The van der Waals surface area contributed by atoms with Crippen LogP contribution >= 0.6 is 11.8 Å². The summed E-state index contributed by atoms with van der Waals surface area (Å²) in [7, 11) is -3.16. The van der Waals surface area contributed by atoms with Crippen LogP contribution < -0.4 is 5.32 Å². The van der Waals surface area contributed by atoms with E-state index in [9.17, 15) is 8.42 Å². The van der Waals surface area contributed by atoms with Crippen LogP contribution in [-0.2, 0) is 10.0 Å². The van der Waals surface area contributed by atoms with E-state index in [0.717, 1.165) is 25.1 Å². The highest BCUT2D eigenvalue weighted by atomic mass is 32.2. The maximum Gasteiger partial charge on any atom is 0.217 e. The van der Waals surface area contributed by atoms with Crippen molar-refractivity contribution in [3.8, 4) is 0 Å². The van der Waals surface area contributed by atoms with Gasteiger partial charge in [0.25, 0.3) is 0 Å². The molecule has 1 saturated heterocycles. The number of rotatable bonds is 6. The van der Waals surface area contributed by atoms with Crippen LogP contribution in [0.1, 0.15) is 40.5 Å². The lowest BCUT2D eigenvalue weighted by Gasteiger charge is -2.25. The van der Waals surface area contributed by atoms with Gasteiger partial charge in [-0.3, -0.25) is 0 Å². The zero-order chi connectivity index (χ0) is 14.5. The lowest BCUT2D eigenvalue weighted by Crippen LogP contribution is -2.43. The molecule has 4 nitrogen and oxygen atoms in total. The topological polar surface area (TPSA) is 49.4 Å². The predicted molar refractivity (Wildman–Crippen MR) is 84.3 cm³/mol. The van der Waals surface area contributed by atoms with Gasteiger partial charge in [-0.05, 0) is 26.3 Å². The number of sulfonamides is 1. The quantitative estimate of drug-likeness (QED) is 0.762. The molecule has 0 bridgehead atoms. The average molecular weight is 309 g/mol. The van der Waals surface area contributed by atoms with Crippen molar-refractivity contribution in [1.29, 1.82) is 0 Å². The third-order valence-electron chi connectivity index (χ3n) is 3.52. The molecule has 0 amide bonds.